The molecule has 0 aromatic heterocycles. The summed E-state index contributed by atoms with van der Waals surface area (Å²) in [5, 5.41) is 3.96. The molecular weight excluding hydrogens is 258 g/mol. The minimum Gasteiger partial charge on any atom is -0.377 e. The van der Waals surface area contributed by atoms with Gasteiger partial charge < -0.3 is 5.32 Å². The van der Waals surface area contributed by atoms with Crippen LogP contribution in [0.2, 0.25) is 5.02 Å². The van der Waals surface area contributed by atoms with Gasteiger partial charge in [0.2, 0.25) is 0 Å². The zero-order valence-electron chi connectivity index (χ0n) is 11.0. The van der Waals surface area contributed by atoms with E-state index in [9.17, 15) is 4.79 Å². The van der Waals surface area contributed by atoms with E-state index >= 15 is 0 Å². The Hall–Kier alpha value is -1.80. The molecule has 0 spiro atoms. The average Bonchev–Trinajstić information content (AvgIpc) is 2.42. The van der Waals surface area contributed by atoms with E-state index in [-0.39, 0.29) is 11.8 Å². The molecule has 0 saturated carbocycles. The van der Waals surface area contributed by atoms with Crippen LogP contribution in [0.1, 0.15) is 35.8 Å². The van der Waals surface area contributed by atoms with Crippen molar-refractivity contribution < 1.29 is 4.79 Å². The van der Waals surface area contributed by atoms with Gasteiger partial charge in [-0.05, 0) is 37.6 Å². The molecule has 1 unspecified atom stereocenters. The number of Topliss-reactive ketones (excluding diaryl/α,β-unsaturated/α-hetero) is 1. The molecule has 98 valence electrons. The van der Waals surface area contributed by atoms with Gasteiger partial charge in [0.1, 0.15) is 0 Å². The van der Waals surface area contributed by atoms with E-state index < -0.39 is 0 Å². The van der Waals surface area contributed by atoms with Crippen LogP contribution < -0.4 is 5.32 Å². The number of nitrogens with one attached hydrogen (secondary N) is 1. The predicted octanol–water partition coefficient (Wildman–Crippen LogP) is 4.72. The molecule has 19 heavy (non-hydrogen) atoms. The molecule has 1 atom stereocenters. The second kappa shape index (κ2) is 5.89. The third-order valence-electron chi connectivity index (χ3n) is 3.04. The fourth-order valence-corrected chi connectivity index (χ4v) is 2.09. The molecule has 3 heteroatoms. The van der Waals surface area contributed by atoms with Crippen molar-refractivity contribution in [2.45, 2.75) is 19.9 Å². The number of carbonyl (C=O) groups excluding carboxylic acids is 1. The van der Waals surface area contributed by atoms with Crippen LogP contribution in [0, 0.1) is 0 Å². The van der Waals surface area contributed by atoms with E-state index in [0.717, 1.165) is 5.69 Å². The SMILES string of the molecule is CC(=O)c1ccc(Cl)c(NC(C)c2ccccc2)c1. The Bertz CT molecular complexity index is 581. The third-order valence-corrected chi connectivity index (χ3v) is 3.37. The van der Waals surface area contributed by atoms with Crippen LogP contribution >= 0.6 is 11.6 Å². The molecule has 0 aliphatic carbocycles. The topological polar surface area (TPSA) is 29.1 Å². The van der Waals surface area contributed by atoms with Crippen LogP contribution in [0.4, 0.5) is 5.69 Å². The van der Waals surface area contributed by atoms with Gasteiger partial charge in [0.15, 0.2) is 5.78 Å². The van der Waals surface area contributed by atoms with Crippen LogP contribution in [0.25, 0.3) is 0 Å². The van der Waals surface area contributed by atoms with Crippen molar-refractivity contribution in [1.29, 1.82) is 0 Å². The van der Waals surface area contributed by atoms with Gasteiger partial charge >= 0.3 is 0 Å². The average molecular weight is 274 g/mol. The summed E-state index contributed by atoms with van der Waals surface area (Å²) in [4.78, 5) is 11.4. The van der Waals surface area contributed by atoms with Gasteiger partial charge in [-0.25, -0.2) is 0 Å². The van der Waals surface area contributed by atoms with Crippen molar-refractivity contribution in [3.8, 4) is 0 Å². The molecule has 0 heterocycles. The highest BCUT2D eigenvalue weighted by Gasteiger charge is 2.09. The van der Waals surface area contributed by atoms with E-state index in [0.29, 0.717) is 10.6 Å². The molecule has 2 aromatic carbocycles. The highest BCUT2D eigenvalue weighted by atomic mass is 35.5. The lowest BCUT2D eigenvalue weighted by molar-refractivity contribution is 0.101. The standard InChI is InChI=1S/C16H16ClNO/c1-11(13-6-4-3-5-7-13)18-16-10-14(12(2)19)8-9-15(16)17/h3-11,18H,1-2H3. The molecule has 2 rings (SSSR count). The summed E-state index contributed by atoms with van der Waals surface area (Å²) in [5.74, 6) is 0.0343. The molecule has 0 aliphatic rings. The lowest BCUT2D eigenvalue weighted by Crippen LogP contribution is -2.07. The van der Waals surface area contributed by atoms with Crippen molar-refractivity contribution in [2.24, 2.45) is 0 Å². The first-order valence-electron chi connectivity index (χ1n) is 6.20. The smallest absolute Gasteiger partial charge is 0.159 e. The summed E-state index contributed by atoms with van der Waals surface area (Å²) in [6.07, 6.45) is 0. The third kappa shape index (κ3) is 3.36. The van der Waals surface area contributed by atoms with E-state index in [2.05, 4.69) is 24.4 Å². The van der Waals surface area contributed by atoms with Gasteiger partial charge in [-0.3, -0.25) is 4.79 Å². The minimum atomic E-state index is 0.0343. The normalized spacial score (nSPS) is 11.9. The monoisotopic (exact) mass is 273 g/mol. The summed E-state index contributed by atoms with van der Waals surface area (Å²) in [5.41, 5.74) is 2.62. The van der Waals surface area contributed by atoms with Crippen LogP contribution in [-0.2, 0) is 0 Å². The molecular formula is C16H16ClNO. The summed E-state index contributed by atoms with van der Waals surface area (Å²) in [6.45, 7) is 3.61. The number of halogens is 1. The van der Waals surface area contributed by atoms with Crippen molar-refractivity contribution in [2.75, 3.05) is 5.32 Å². The molecule has 2 aromatic rings. The Kier molecular flexibility index (Phi) is 4.23. The van der Waals surface area contributed by atoms with E-state index in [1.54, 1.807) is 25.1 Å². The van der Waals surface area contributed by atoms with Gasteiger partial charge in [-0.2, -0.15) is 0 Å². The number of ketones is 1. The van der Waals surface area contributed by atoms with Gasteiger partial charge in [0, 0.05) is 11.6 Å². The first-order chi connectivity index (χ1) is 9.08. The van der Waals surface area contributed by atoms with Gasteiger partial charge in [-0.1, -0.05) is 41.9 Å². The number of benzene rings is 2. The molecule has 0 bridgehead atoms. The number of carbonyl (C=O) groups is 1. The fraction of sp³-hybridized carbons (Fsp3) is 0.188. The van der Waals surface area contributed by atoms with Crippen molar-refractivity contribution in [3.05, 3.63) is 64.7 Å². The van der Waals surface area contributed by atoms with Crippen LogP contribution in [0.15, 0.2) is 48.5 Å². The summed E-state index contributed by atoms with van der Waals surface area (Å²) in [6, 6.07) is 15.5. The largest absolute Gasteiger partial charge is 0.377 e. The van der Waals surface area contributed by atoms with Crippen molar-refractivity contribution >= 4 is 23.1 Å². The summed E-state index contributed by atoms with van der Waals surface area (Å²) >= 11 is 6.16. The lowest BCUT2D eigenvalue weighted by Gasteiger charge is -2.17. The summed E-state index contributed by atoms with van der Waals surface area (Å²) in [7, 11) is 0. The Balaban J connectivity index is 2.23. The Morgan fingerprint density at radius 1 is 1.16 bits per heavy atom. The first kappa shape index (κ1) is 13.6. The van der Waals surface area contributed by atoms with E-state index in [1.807, 2.05) is 18.2 Å². The van der Waals surface area contributed by atoms with E-state index in [1.165, 1.54) is 5.56 Å². The molecule has 2 nitrogen and oxygen atoms in total. The molecule has 0 fully saturated rings. The van der Waals surface area contributed by atoms with Crippen molar-refractivity contribution in [3.63, 3.8) is 0 Å². The number of anilines is 1. The highest BCUT2D eigenvalue weighted by molar-refractivity contribution is 6.33. The Morgan fingerprint density at radius 2 is 1.84 bits per heavy atom. The summed E-state index contributed by atoms with van der Waals surface area (Å²) < 4.78 is 0. The number of rotatable bonds is 4. The second-order valence-electron chi connectivity index (χ2n) is 4.53. The highest BCUT2D eigenvalue weighted by Crippen LogP contribution is 2.27. The Morgan fingerprint density at radius 3 is 2.47 bits per heavy atom. The second-order valence-corrected chi connectivity index (χ2v) is 4.93. The quantitative estimate of drug-likeness (QED) is 0.817. The number of hydrogen-bond acceptors (Lipinski definition) is 2. The maximum Gasteiger partial charge on any atom is 0.159 e. The van der Waals surface area contributed by atoms with Crippen LogP contribution in [0.3, 0.4) is 0 Å². The number of hydrogen-bond donors (Lipinski definition) is 1. The van der Waals surface area contributed by atoms with Crippen LogP contribution in [-0.4, -0.2) is 5.78 Å². The fourth-order valence-electron chi connectivity index (χ4n) is 1.91. The maximum atomic E-state index is 11.4. The van der Waals surface area contributed by atoms with Gasteiger partial charge in [0.05, 0.1) is 10.7 Å². The zero-order valence-corrected chi connectivity index (χ0v) is 11.7. The van der Waals surface area contributed by atoms with E-state index in [4.69, 9.17) is 11.6 Å². The maximum absolute atomic E-state index is 11.4. The zero-order chi connectivity index (χ0) is 13.8. The van der Waals surface area contributed by atoms with Crippen LogP contribution in [0.5, 0.6) is 0 Å². The predicted molar refractivity (Wildman–Crippen MR) is 79.9 cm³/mol. The first-order valence-corrected chi connectivity index (χ1v) is 6.57. The molecule has 1 N–H and O–H groups in total. The molecule has 0 amide bonds. The molecule has 0 aliphatic heterocycles. The van der Waals surface area contributed by atoms with Gasteiger partial charge in [0.25, 0.3) is 0 Å². The molecule has 0 radical (unpaired) electrons. The lowest BCUT2D eigenvalue weighted by atomic mass is 10.1. The van der Waals surface area contributed by atoms with Crippen molar-refractivity contribution in [1.82, 2.24) is 0 Å². The van der Waals surface area contributed by atoms with Gasteiger partial charge in [-0.15, -0.1) is 0 Å². The Labute approximate surface area is 118 Å². The minimum absolute atomic E-state index is 0.0343. The molecule has 0 saturated heterocycles.